The van der Waals surface area contributed by atoms with Gasteiger partial charge in [0, 0.05) is 42.4 Å². The first-order chi connectivity index (χ1) is 17.8. The zero-order valence-corrected chi connectivity index (χ0v) is 24.0. The molecule has 4 aliphatic rings. The Labute approximate surface area is 232 Å². The summed E-state index contributed by atoms with van der Waals surface area (Å²) in [6.07, 6.45) is 10.1. The SMILES string of the molecule is C[C@]12CC[C@@H](OC(=O)Cc3ccc(N(CCCl)CCCl)cc3)C[C@@H]1CC[C@@H]1[C@@H]2CC[C@]2(C)C(=O)CC[C@@H]12. The van der Waals surface area contributed by atoms with E-state index < -0.39 is 0 Å². The second-order valence-corrected chi connectivity index (χ2v) is 13.4. The minimum atomic E-state index is -0.119. The van der Waals surface area contributed by atoms with Gasteiger partial charge in [-0.05, 0) is 98.1 Å². The summed E-state index contributed by atoms with van der Waals surface area (Å²) in [5.41, 5.74) is 2.32. The summed E-state index contributed by atoms with van der Waals surface area (Å²) in [5, 5.41) is 0. The molecule has 4 aliphatic carbocycles. The van der Waals surface area contributed by atoms with E-state index in [-0.39, 0.29) is 17.5 Å². The van der Waals surface area contributed by atoms with Crippen molar-refractivity contribution in [3.05, 3.63) is 29.8 Å². The normalized spacial score (nSPS) is 36.9. The van der Waals surface area contributed by atoms with Crippen LogP contribution in [0.5, 0.6) is 0 Å². The third kappa shape index (κ3) is 5.19. The quantitative estimate of drug-likeness (QED) is 0.258. The highest BCUT2D eigenvalue weighted by atomic mass is 35.5. The molecule has 1 aromatic rings. The van der Waals surface area contributed by atoms with Crippen LogP contribution in [0.4, 0.5) is 5.69 Å². The molecule has 0 unspecified atom stereocenters. The minimum absolute atomic E-state index is 0.0336. The lowest BCUT2D eigenvalue weighted by Crippen LogP contribution is -2.54. The monoisotopic (exact) mass is 547 g/mol. The molecule has 0 spiro atoms. The molecular weight excluding hydrogens is 505 g/mol. The van der Waals surface area contributed by atoms with Gasteiger partial charge >= 0.3 is 5.97 Å². The molecule has 0 amide bonds. The summed E-state index contributed by atoms with van der Waals surface area (Å²) in [6.45, 7) is 6.27. The van der Waals surface area contributed by atoms with Gasteiger partial charge in [-0.1, -0.05) is 26.0 Å². The first kappa shape index (κ1) is 27.3. The second-order valence-electron chi connectivity index (χ2n) is 12.7. The molecule has 0 radical (unpaired) electrons. The Morgan fingerprint density at radius 1 is 0.973 bits per heavy atom. The summed E-state index contributed by atoms with van der Waals surface area (Å²) < 4.78 is 6.05. The van der Waals surface area contributed by atoms with E-state index in [4.69, 9.17) is 27.9 Å². The molecule has 1 aromatic carbocycles. The van der Waals surface area contributed by atoms with Crippen molar-refractivity contribution in [1.82, 2.24) is 0 Å². The van der Waals surface area contributed by atoms with Crippen molar-refractivity contribution >= 4 is 40.6 Å². The number of hydrogen-bond donors (Lipinski definition) is 0. The predicted molar refractivity (Wildman–Crippen MR) is 150 cm³/mol. The lowest BCUT2D eigenvalue weighted by Gasteiger charge is -2.60. The van der Waals surface area contributed by atoms with E-state index in [2.05, 4.69) is 18.7 Å². The van der Waals surface area contributed by atoms with E-state index in [1.54, 1.807) is 0 Å². The molecule has 0 aromatic heterocycles. The van der Waals surface area contributed by atoms with Crippen molar-refractivity contribution in [2.75, 3.05) is 29.7 Å². The lowest BCUT2D eigenvalue weighted by atomic mass is 9.45. The summed E-state index contributed by atoms with van der Waals surface area (Å²) in [4.78, 5) is 27.7. The van der Waals surface area contributed by atoms with Gasteiger partial charge < -0.3 is 9.64 Å². The first-order valence-electron chi connectivity index (χ1n) is 14.5. The van der Waals surface area contributed by atoms with E-state index in [0.29, 0.717) is 47.1 Å². The number of anilines is 1. The summed E-state index contributed by atoms with van der Waals surface area (Å²) in [5.74, 6) is 4.15. The van der Waals surface area contributed by atoms with Crippen LogP contribution >= 0.6 is 23.2 Å². The standard InChI is InChI=1S/C31H43Cl2NO3/c1-30-13-11-24(37-29(36)19-21-3-6-23(7-4-21)34(17-15-32)18-16-33)20-22(30)5-8-25-26-9-10-28(35)31(26,2)14-12-27(25)30/h3-4,6-7,22,24-27H,5,8-20H2,1-2H3/t22-,24+,25-,26-,27-,30-,31-/m0/s1. The molecule has 0 N–H and O–H groups in total. The largest absolute Gasteiger partial charge is 0.462 e. The minimum Gasteiger partial charge on any atom is -0.462 e. The number of fused-ring (bicyclic) bond motifs is 5. The van der Waals surface area contributed by atoms with Crippen LogP contribution in [-0.4, -0.2) is 42.7 Å². The molecule has 0 bridgehead atoms. The maximum atomic E-state index is 12.9. The van der Waals surface area contributed by atoms with Gasteiger partial charge in [-0.3, -0.25) is 9.59 Å². The molecule has 7 atom stereocenters. The van der Waals surface area contributed by atoms with E-state index >= 15 is 0 Å². The molecule has 6 heteroatoms. The fourth-order valence-electron chi connectivity index (χ4n) is 8.89. The van der Waals surface area contributed by atoms with Crippen molar-refractivity contribution in [2.24, 2.45) is 34.5 Å². The number of benzene rings is 1. The highest BCUT2D eigenvalue weighted by molar-refractivity contribution is 6.18. The number of nitrogens with zero attached hydrogens (tertiary/aromatic N) is 1. The lowest BCUT2D eigenvalue weighted by molar-refractivity contribution is -0.161. The topological polar surface area (TPSA) is 46.6 Å². The average Bonchev–Trinajstić information content (AvgIpc) is 3.19. The molecule has 4 nitrogen and oxygen atoms in total. The second kappa shape index (κ2) is 11.1. The zero-order valence-electron chi connectivity index (χ0n) is 22.5. The maximum Gasteiger partial charge on any atom is 0.310 e. The van der Waals surface area contributed by atoms with Crippen LogP contribution in [-0.2, 0) is 20.7 Å². The zero-order chi connectivity index (χ0) is 26.2. The van der Waals surface area contributed by atoms with E-state index in [0.717, 1.165) is 68.8 Å². The number of carbonyl (C=O) groups is 2. The first-order valence-corrected chi connectivity index (χ1v) is 15.5. The third-order valence-corrected chi connectivity index (χ3v) is 11.3. The molecule has 5 rings (SSSR count). The highest BCUT2D eigenvalue weighted by Crippen LogP contribution is 2.65. The Kier molecular flexibility index (Phi) is 8.18. The smallest absolute Gasteiger partial charge is 0.310 e. The van der Waals surface area contributed by atoms with Gasteiger partial charge in [0.25, 0.3) is 0 Å². The van der Waals surface area contributed by atoms with Gasteiger partial charge in [-0.15, -0.1) is 23.2 Å². The number of ketones is 1. The molecule has 0 heterocycles. The number of carbonyl (C=O) groups excluding carboxylic acids is 2. The number of ether oxygens (including phenoxy) is 1. The van der Waals surface area contributed by atoms with Crippen LogP contribution in [0.1, 0.15) is 77.2 Å². The summed E-state index contributed by atoms with van der Waals surface area (Å²) in [6, 6.07) is 8.10. The number of Topliss-reactive ketones (excluding diaryl/α,β-unsaturated/α-hetero) is 1. The fourth-order valence-corrected chi connectivity index (χ4v) is 9.30. The predicted octanol–water partition coefficient (Wildman–Crippen LogP) is 7.04. The number of rotatable bonds is 8. The molecule has 0 saturated heterocycles. The van der Waals surface area contributed by atoms with E-state index in [1.807, 2.05) is 24.3 Å². The Morgan fingerprint density at radius 3 is 2.41 bits per heavy atom. The van der Waals surface area contributed by atoms with Gasteiger partial charge in [0.1, 0.15) is 11.9 Å². The number of alkyl halides is 2. The summed E-state index contributed by atoms with van der Waals surface area (Å²) >= 11 is 11.9. The van der Waals surface area contributed by atoms with Crippen LogP contribution in [0.15, 0.2) is 24.3 Å². The van der Waals surface area contributed by atoms with Crippen molar-refractivity contribution in [3.8, 4) is 0 Å². The van der Waals surface area contributed by atoms with Crippen molar-refractivity contribution in [1.29, 1.82) is 0 Å². The summed E-state index contributed by atoms with van der Waals surface area (Å²) in [7, 11) is 0. The molecule has 204 valence electrons. The number of halogens is 2. The van der Waals surface area contributed by atoms with Crippen molar-refractivity contribution in [3.63, 3.8) is 0 Å². The fraction of sp³-hybridized carbons (Fsp3) is 0.742. The van der Waals surface area contributed by atoms with Crippen LogP contribution in [0.2, 0.25) is 0 Å². The van der Waals surface area contributed by atoms with Gasteiger partial charge in [0.15, 0.2) is 0 Å². The van der Waals surface area contributed by atoms with Crippen molar-refractivity contribution < 1.29 is 14.3 Å². The number of esters is 1. The van der Waals surface area contributed by atoms with Gasteiger partial charge in [-0.25, -0.2) is 0 Å². The highest BCUT2D eigenvalue weighted by Gasteiger charge is 2.60. The van der Waals surface area contributed by atoms with Gasteiger partial charge in [0.05, 0.1) is 6.42 Å². The molecule has 0 aliphatic heterocycles. The molecule has 37 heavy (non-hydrogen) atoms. The van der Waals surface area contributed by atoms with E-state index in [9.17, 15) is 9.59 Å². The van der Waals surface area contributed by atoms with Crippen LogP contribution in [0, 0.1) is 34.5 Å². The van der Waals surface area contributed by atoms with Gasteiger partial charge in [-0.2, -0.15) is 0 Å². The Balaban J connectivity index is 1.16. The third-order valence-electron chi connectivity index (χ3n) is 11.0. The van der Waals surface area contributed by atoms with Crippen molar-refractivity contribution in [2.45, 2.75) is 84.2 Å². The van der Waals surface area contributed by atoms with Crippen LogP contribution < -0.4 is 4.90 Å². The Morgan fingerprint density at radius 2 is 1.70 bits per heavy atom. The molecule has 4 saturated carbocycles. The number of hydrogen-bond acceptors (Lipinski definition) is 4. The average molecular weight is 549 g/mol. The molecule has 4 fully saturated rings. The van der Waals surface area contributed by atoms with Gasteiger partial charge in [0.2, 0.25) is 0 Å². The maximum absolute atomic E-state index is 12.9. The van der Waals surface area contributed by atoms with Crippen LogP contribution in [0.3, 0.4) is 0 Å². The Bertz CT molecular complexity index is 977. The Hall–Kier alpha value is -1.26. The molecular formula is C31H43Cl2NO3. The van der Waals surface area contributed by atoms with Crippen LogP contribution in [0.25, 0.3) is 0 Å². The van der Waals surface area contributed by atoms with E-state index in [1.165, 1.54) is 19.3 Å².